The maximum absolute atomic E-state index is 12.1. The van der Waals surface area contributed by atoms with Gasteiger partial charge in [-0.1, -0.05) is 35.9 Å². The Balaban J connectivity index is 1.99. The van der Waals surface area contributed by atoms with Crippen LogP contribution in [-0.4, -0.2) is 17.4 Å². The largest absolute Gasteiger partial charge is 0.319 e. The summed E-state index contributed by atoms with van der Waals surface area (Å²) < 4.78 is 0. The molecule has 126 valence electrons. The minimum atomic E-state index is -0.508. The number of nitrogens with one attached hydrogen (secondary N) is 2. The number of nitrogens with zero attached hydrogens (tertiary/aromatic N) is 1. The number of anilines is 1. The Morgan fingerprint density at radius 3 is 2.54 bits per heavy atom. The Kier molecular flexibility index (Phi) is 5.89. The first-order valence-electron chi connectivity index (χ1n) is 7.41. The fourth-order valence-corrected chi connectivity index (χ4v) is 2.39. The van der Waals surface area contributed by atoms with Crippen LogP contribution in [0.3, 0.4) is 0 Å². The fourth-order valence-electron chi connectivity index (χ4n) is 2.27. The van der Waals surface area contributed by atoms with Gasteiger partial charge in [0.15, 0.2) is 0 Å². The number of hydrogen-bond acceptors (Lipinski definition) is 4. The van der Waals surface area contributed by atoms with E-state index in [1.165, 1.54) is 6.07 Å². The number of halogens is 1. The van der Waals surface area contributed by atoms with E-state index < -0.39 is 4.92 Å². The van der Waals surface area contributed by atoms with Gasteiger partial charge in [0, 0.05) is 17.1 Å². The van der Waals surface area contributed by atoms with Crippen LogP contribution >= 0.6 is 11.6 Å². The highest BCUT2D eigenvalue weighted by molar-refractivity contribution is 6.30. The third-order valence-corrected chi connectivity index (χ3v) is 3.90. The lowest BCUT2D eigenvalue weighted by Crippen LogP contribution is -2.30. The van der Waals surface area contributed by atoms with Gasteiger partial charge in [-0.3, -0.25) is 14.9 Å². The van der Waals surface area contributed by atoms with Gasteiger partial charge in [0.1, 0.15) is 5.69 Å². The van der Waals surface area contributed by atoms with Crippen LogP contribution in [0.2, 0.25) is 5.02 Å². The van der Waals surface area contributed by atoms with E-state index >= 15 is 0 Å². The molecule has 0 aliphatic heterocycles. The van der Waals surface area contributed by atoms with Crippen LogP contribution in [-0.2, 0) is 4.79 Å². The molecule has 0 aromatic heterocycles. The molecule has 0 aliphatic rings. The fraction of sp³-hybridized carbons (Fsp3) is 0.235. The van der Waals surface area contributed by atoms with Crippen LogP contribution in [0, 0.1) is 17.0 Å². The molecular weight excluding hydrogens is 330 g/mol. The number of nitro groups is 1. The highest BCUT2D eigenvalue weighted by Gasteiger charge is 2.18. The molecule has 2 rings (SSSR count). The average molecular weight is 348 g/mol. The van der Waals surface area contributed by atoms with E-state index in [0.29, 0.717) is 10.6 Å². The van der Waals surface area contributed by atoms with E-state index in [1.54, 1.807) is 31.2 Å². The lowest BCUT2D eigenvalue weighted by molar-refractivity contribution is -0.384. The topological polar surface area (TPSA) is 84.3 Å². The summed E-state index contributed by atoms with van der Waals surface area (Å²) >= 11 is 5.85. The molecule has 6 nitrogen and oxygen atoms in total. The van der Waals surface area contributed by atoms with Gasteiger partial charge in [0.2, 0.25) is 5.91 Å². The summed E-state index contributed by atoms with van der Waals surface area (Å²) in [5.74, 6) is -0.340. The summed E-state index contributed by atoms with van der Waals surface area (Å²) in [5, 5.41) is 17.4. The van der Waals surface area contributed by atoms with Gasteiger partial charge in [0.05, 0.1) is 11.5 Å². The summed E-state index contributed by atoms with van der Waals surface area (Å²) in [6, 6.07) is 11.9. The first kappa shape index (κ1) is 17.9. The van der Waals surface area contributed by atoms with Crippen LogP contribution < -0.4 is 10.6 Å². The van der Waals surface area contributed by atoms with E-state index in [1.807, 2.05) is 19.1 Å². The van der Waals surface area contributed by atoms with E-state index in [2.05, 4.69) is 10.6 Å². The normalized spacial score (nSPS) is 11.8. The van der Waals surface area contributed by atoms with Crippen molar-refractivity contribution in [2.45, 2.75) is 19.9 Å². The Morgan fingerprint density at radius 2 is 1.92 bits per heavy atom. The summed E-state index contributed by atoms with van der Waals surface area (Å²) in [4.78, 5) is 22.7. The van der Waals surface area contributed by atoms with Crippen LogP contribution in [0.15, 0.2) is 42.5 Å². The van der Waals surface area contributed by atoms with Crippen molar-refractivity contribution in [1.82, 2.24) is 5.32 Å². The summed E-state index contributed by atoms with van der Waals surface area (Å²) in [6.07, 6.45) is 0. The summed E-state index contributed by atoms with van der Waals surface area (Å²) in [6.45, 7) is 3.67. The number of nitro benzene ring substituents is 1. The molecule has 2 aromatic rings. The standard InChI is InChI=1S/C17H18ClN3O3/c1-11-4-3-5-15(21(23)24)17(11)20-16(22)10-19-12(2)13-6-8-14(18)9-7-13/h3-9,12,19H,10H2,1-2H3,(H,20,22)/t12-/m0/s1. The molecule has 0 heterocycles. The number of carbonyl (C=O) groups excluding carboxylic acids is 1. The second-order valence-corrected chi connectivity index (χ2v) is 5.86. The van der Waals surface area contributed by atoms with Crippen LogP contribution in [0.4, 0.5) is 11.4 Å². The van der Waals surface area contributed by atoms with E-state index in [0.717, 1.165) is 5.56 Å². The van der Waals surface area contributed by atoms with Crippen molar-refractivity contribution in [2.75, 3.05) is 11.9 Å². The maximum atomic E-state index is 12.1. The molecule has 1 atom stereocenters. The van der Waals surface area contributed by atoms with Gasteiger partial charge >= 0.3 is 0 Å². The van der Waals surface area contributed by atoms with Crippen LogP contribution in [0.5, 0.6) is 0 Å². The third-order valence-electron chi connectivity index (χ3n) is 3.65. The first-order chi connectivity index (χ1) is 11.4. The van der Waals surface area contributed by atoms with Crippen molar-refractivity contribution in [2.24, 2.45) is 0 Å². The van der Waals surface area contributed by atoms with Crippen LogP contribution in [0.25, 0.3) is 0 Å². The number of hydrogen-bond donors (Lipinski definition) is 2. The predicted molar refractivity (Wildman–Crippen MR) is 94.3 cm³/mol. The molecule has 0 fully saturated rings. The van der Waals surface area contributed by atoms with Crippen LogP contribution in [0.1, 0.15) is 24.1 Å². The number of aryl methyl sites for hydroxylation is 1. The van der Waals surface area contributed by atoms with Crippen molar-refractivity contribution < 1.29 is 9.72 Å². The quantitative estimate of drug-likeness (QED) is 0.614. The van der Waals surface area contributed by atoms with Gasteiger partial charge in [-0.05, 0) is 37.1 Å². The van der Waals surface area contributed by atoms with E-state index in [-0.39, 0.29) is 29.9 Å². The molecule has 0 aliphatic carbocycles. The van der Waals surface area contributed by atoms with E-state index in [4.69, 9.17) is 11.6 Å². The molecule has 0 saturated heterocycles. The van der Waals surface area contributed by atoms with Gasteiger partial charge in [0.25, 0.3) is 5.69 Å². The SMILES string of the molecule is Cc1cccc([N+](=O)[O-])c1NC(=O)CN[C@@H](C)c1ccc(Cl)cc1. The van der Waals surface area contributed by atoms with E-state index in [9.17, 15) is 14.9 Å². The number of rotatable bonds is 6. The smallest absolute Gasteiger partial charge is 0.293 e. The first-order valence-corrected chi connectivity index (χ1v) is 7.79. The zero-order valence-electron chi connectivity index (χ0n) is 13.4. The second kappa shape index (κ2) is 7.90. The minimum Gasteiger partial charge on any atom is -0.319 e. The van der Waals surface area contributed by atoms with Crippen molar-refractivity contribution in [3.63, 3.8) is 0 Å². The summed E-state index contributed by atoms with van der Waals surface area (Å²) in [7, 11) is 0. The molecule has 0 unspecified atom stereocenters. The molecule has 24 heavy (non-hydrogen) atoms. The Morgan fingerprint density at radius 1 is 1.25 bits per heavy atom. The number of para-hydroxylation sites is 1. The molecule has 0 radical (unpaired) electrons. The molecule has 2 N–H and O–H groups in total. The number of amides is 1. The maximum Gasteiger partial charge on any atom is 0.293 e. The zero-order chi connectivity index (χ0) is 17.7. The average Bonchev–Trinajstić information content (AvgIpc) is 2.55. The molecule has 2 aromatic carbocycles. The molecule has 1 amide bonds. The van der Waals surface area contributed by atoms with Gasteiger partial charge in [-0.15, -0.1) is 0 Å². The van der Waals surface area contributed by atoms with Crippen molar-refractivity contribution in [3.8, 4) is 0 Å². The van der Waals surface area contributed by atoms with Crippen molar-refractivity contribution >= 4 is 28.9 Å². The molecular formula is C17H18ClN3O3. The van der Waals surface area contributed by atoms with Gasteiger partial charge < -0.3 is 10.6 Å². The minimum absolute atomic E-state index is 0.0370. The lowest BCUT2D eigenvalue weighted by atomic mass is 10.1. The monoisotopic (exact) mass is 347 g/mol. The van der Waals surface area contributed by atoms with Crippen molar-refractivity contribution in [1.29, 1.82) is 0 Å². The highest BCUT2D eigenvalue weighted by atomic mass is 35.5. The Labute approximate surface area is 145 Å². The van der Waals surface area contributed by atoms with Crippen molar-refractivity contribution in [3.05, 3.63) is 68.7 Å². The Hall–Kier alpha value is -2.44. The highest BCUT2D eigenvalue weighted by Crippen LogP contribution is 2.27. The second-order valence-electron chi connectivity index (χ2n) is 5.43. The molecule has 0 spiro atoms. The summed E-state index contributed by atoms with van der Waals surface area (Å²) in [5.41, 5.74) is 1.75. The predicted octanol–water partition coefficient (Wildman–Crippen LogP) is 3.85. The lowest BCUT2D eigenvalue weighted by Gasteiger charge is -2.15. The molecule has 0 bridgehead atoms. The molecule has 7 heteroatoms. The third kappa shape index (κ3) is 4.53. The number of benzene rings is 2. The van der Waals surface area contributed by atoms with Gasteiger partial charge in [-0.2, -0.15) is 0 Å². The molecule has 0 saturated carbocycles. The Bertz CT molecular complexity index is 747. The number of carbonyl (C=O) groups is 1. The van der Waals surface area contributed by atoms with Gasteiger partial charge in [-0.25, -0.2) is 0 Å². The zero-order valence-corrected chi connectivity index (χ0v) is 14.1.